The number of methoxy groups -OCH3 is 1. The summed E-state index contributed by atoms with van der Waals surface area (Å²) in [5.41, 5.74) is 3.24. The molecule has 0 aliphatic heterocycles. The fourth-order valence-electron chi connectivity index (χ4n) is 0.983. The number of rotatable bonds is 2. The summed E-state index contributed by atoms with van der Waals surface area (Å²) in [6.45, 7) is 1.80. The van der Waals surface area contributed by atoms with Crippen molar-refractivity contribution in [3.8, 4) is 5.88 Å². The first-order valence-electron chi connectivity index (χ1n) is 3.70. The molecule has 0 saturated heterocycles. The zero-order valence-electron chi connectivity index (χ0n) is 7.50. The average Bonchev–Trinajstić information content (AvgIpc) is 2.16. The molecular weight excluding hydrogens is 170 g/mol. The van der Waals surface area contributed by atoms with Gasteiger partial charge in [-0.2, -0.15) is 0 Å². The van der Waals surface area contributed by atoms with E-state index in [9.17, 15) is 4.79 Å². The van der Waals surface area contributed by atoms with E-state index in [0.29, 0.717) is 11.4 Å². The molecule has 0 bridgehead atoms. The van der Waals surface area contributed by atoms with Crippen molar-refractivity contribution in [1.29, 1.82) is 0 Å². The van der Waals surface area contributed by atoms with Gasteiger partial charge in [0.25, 0.3) is 5.91 Å². The van der Waals surface area contributed by atoms with Gasteiger partial charge < -0.3 is 4.74 Å². The van der Waals surface area contributed by atoms with Crippen LogP contribution in [-0.2, 0) is 0 Å². The van der Waals surface area contributed by atoms with Gasteiger partial charge in [-0.05, 0) is 13.0 Å². The Morgan fingerprint density at radius 1 is 1.69 bits per heavy atom. The van der Waals surface area contributed by atoms with E-state index in [1.165, 1.54) is 13.3 Å². The molecule has 0 aliphatic carbocycles. The van der Waals surface area contributed by atoms with Gasteiger partial charge in [-0.3, -0.25) is 10.2 Å². The molecule has 0 aliphatic rings. The highest BCUT2D eigenvalue weighted by molar-refractivity contribution is 5.93. The third-order valence-electron chi connectivity index (χ3n) is 1.62. The minimum absolute atomic E-state index is 0.363. The maximum atomic E-state index is 11.0. The molecule has 3 N–H and O–H groups in total. The highest BCUT2D eigenvalue weighted by Crippen LogP contribution is 2.14. The number of hydrogen-bond donors (Lipinski definition) is 2. The maximum absolute atomic E-state index is 11.0. The quantitative estimate of drug-likeness (QED) is 0.382. The van der Waals surface area contributed by atoms with Gasteiger partial charge in [-0.1, -0.05) is 0 Å². The van der Waals surface area contributed by atoms with E-state index in [4.69, 9.17) is 10.6 Å². The van der Waals surface area contributed by atoms with Gasteiger partial charge in [-0.25, -0.2) is 10.8 Å². The number of nitrogens with two attached hydrogens (primary N) is 1. The molecule has 1 heterocycles. The summed E-state index contributed by atoms with van der Waals surface area (Å²) >= 11 is 0. The predicted octanol–water partition coefficient (Wildman–Crippen LogP) is 0.00212. The Balaban J connectivity index is 3.02. The summed E-state index contributed by atoms with van der Waals surface area (Å²) in [5.74, 6) is 5.11. The topological polar surface area (TPSA) is 77.2 Å². The highest BCUT2D eigenvalue weighted by Gasteiger charge is 2.06. The van der Waals surface area contributed by atoms with Crippen LogP contribution in [0.1, 0.15) is 15.9 Å². The van der Waals surface area contributed by atoms with Crippen molar-refractivity contribution in [1.82, 2.24) is 10.4 Å². The molecule has 1 aromatic heterocycles. The lowest BCUT2D eigenvalue weighted by Crippen LogP contribution is -2.30. The number of nitrogens with one attached hydrogen (secondary N) is 1. The first-order chi connectivity index (χ1) is 6.19. The lowest BCUT2D eigenvalue weighted by Gasteiger charge is -2.04. The Hall–Kier alpha value is -1.62. The Bertz CT molecular complexity index is 325. The summed E-state index contributed by atoms with van der Waals surface area (Å²) in [6.07, 6.45) is 1.41. The van der Waals surface area contributed by atoms with Gasteiger partial charge in [0.1, 0.15) is 0 Å². The molecular formula is C8H11N3O2. The number of amides is 1. The number of aromatic nitrogens is 1. The Morgan fingerprint density at radius 2 is 2.38 bits per heavy atom. The lowest BCUT2D eigenvalue weighted by atomic mass is 10.2. The van der Waals surface area contributed by atoms with E-state index in [0.717, 1.165) is 5.56 Å². The molecule has 1 amide bonds. The van der Waals surface area contributed by atoms with Crippen LogP contribution in [0, 0.1) is 6.92 Å². The number of hydrazine groups is 1. The molecule has 0 aromatic carbocycles. The van der Waals surface area contributed by atoms with Crippen molar-refractivity contribution in [2.45, 2.75) is 6.92 Å². The third-order valence-corrected chi connectivity index (χ3v) is 1.62. The van der Waals surface area contributed by atoms with Gasteiger partial charge in [0.15, 0.2) is 0 Å². The molecule has 5 heteroatoms. The minimum Gasteiger partial charge on any atom is -0.481 e. The van der Waals surface area contributed by atoms with Crippen LogP contribution >= 0.6 is 0 Å². The normalized spacial score (nSPS) is 9.46. The van der Waals surface area contributed by atoms with Crippen LogP contribution in [0.4, 0.5) is 0 Å². The maximum Gasteiger partial charge on any atom is 0.266 e. The summed E-state index contributed by atoms with van der Waals surface area (Å²) in [5, 5.41) is 0. The standard InChI is InChI=1S/C8H11N3O2/c1-5-3-6(7(12)11-9)4-10-8(5)13-2/h3-4H,9H2,1-2H3,(H,11,12). The zero-order valence-corrected chi connectivity index (χ0v) is 7.50. The highest BCUT2D eigenvalue weighted by atomic mass is 16.5. The number of carbonyl (C=O) groups is 1. The SMILES string of the molecule is COc1ncc(C(=O)NN)cc1C. The van der Waals surface area contributed by atoms with E-state index < -0.39 is 0 Å². The minimum atomic E-state index is -0.363. The molecule has 0 fully saturated rings. The fraction of sp³-hybridized carbons (Fsp3) is 0.250. The predicted molar refractivity (Wildman–Crippen MR) is 47.2 cm³/mol. The van der Waals surface area contributed by atoms with Gasteiger partial charge in [0.05, 0.1) is 12.7 Å². The van der Waals surface area contributed by atoms with Crippen LogP contribution in [0.15, 0.2) is 12.3 Å². The van der Waals surface area contributed by atoms with Crippen molar-refractivity contribution < 1.29 is 9.53 Å². The van der Waals surface area contributed by atoms with Gasteiger partial charge in [-0.15, -0.1) is 0 Å². The average molecular weight is 181 g/mol. The number of carbonyl (C=O) groups excluding carboxylic acids is 1. The zero-order chi connectivity index (χ0) is 9.84. The molecule has 13 heavy (non-hydrogen) atoms. The molecule has 0 unspecified atom stereocenters. The molecule has 5 nitrogen and oxygen atoms in total. The third kappa shape index (κ3) is 1.94. The van der Waals surface area contributed by atoms with Crippen molar-refractivity contribution >= 4 is 5.91 Å². The molecule has 0 atom stereocenters. The van der Waals surface area contributed by atoms with Gasteiger partial charge in [0.2, 0.25) is 5.88 Å². The summed E-state index contributed by atoms with van der Waals surface area (Å²) in [4.78, 5) is 15.0. The Labute approximate surface area is 75.9 Å². The molecule has 1 rings (SSSR count). The second kappa shape index (κ2) is 3.86. The van der Waals surface area contributed by atoms with E-state index in [1.54, 1.807) is 13.0 Å². The fourth-order valence-corrected chi connectivity index (χ4v) is 0.983. The number of hydrogen-bond acceptors (Lipinski definition) is 4. The molecule has 0 radical (unpaired) electrons. The summed E-state index contributed by atoms with van der Waals surface area (Å²) < 4.78 is 4.94. The van der Waals surface area contributed by atoms with E-state index in [2.05, 4.69) is 4.98 Å². The van der Waals surface area contributed by atoms with Crippen LogP contribution < -0.4 is 16.0 Å². The van der Waals surface area contributed by atoms with Crippen molar-refractivity contribution in [3.05, 3.63) is 23.4 Å². The van der Waals surface area contributed by atoms with E-state index >= 15 is 0 Å². The van der Waals surface area contributed by atoms with Gasteiger partial charge >= 0.3 is 0 Å². The number of aryl methyl sites for hydroxylation is 1. The monoisotopic (exact) mass is 181 g/mol. The number of nitrogen functional groups attached to an aromatic ring is 1. The van der Waals surface area contributed by atoms with Crippen LogP contribution in [0.5, 0.6) is 5.88 Å². The smallest absolute Gasteiger partial charge is 0.266 e. The first-order valence-corrected chi connectivity index (χ1v) is 3.70. The Kier molecular flexibility index (Phi) is 2.81. The molecule has 0 spiro atoms. The molecule has 1 aromatic rings. The Morgan fingerprint density at radius 3 is 2.85 bits per heavy atom. The number of pyridine rings is 1. The van der Waals surface area contributed by atoms with Crippen LogP contribution in [0.2, 0.25) is 0 Å². The summed E-state index contributed by atoms with van der Waals surface area (Å²) in [6, 6.07) is 1.66. The second-order valence-electron chi connectivity index (χ2n) is 2.52. The first kappa shape index (κ1) is 9.47. The number of ether oxygens (including phenoxy) is 1. The molecule has 0 saturated carbocycles. The van der Waals surface area contributed by atoms with Crippen LogP contribution in [0.25, 0.3) is 0 Å². The number of nitrogens with zero attached hydrogens (tertiary/aromatic N) is 1. The van der Waals surface area contributed by atoms with E-state index in [1.807, 2.05) is 5.43 Å². The van der Waals surface area contributed by atoms with Crippen molar-refractivity contribution in [3.63, 3.8) is 0 Å². The van der Waals surface area contributed by atoms with Crippen molar-refractivity contribution in [2.75, 3.05) is 7.11 Å². The van der Waals surface area contributed by atoms with E-state index in [-0.39, 0.29) is 5.91 Å². The second-order valence-corrected chi connectivity index (χ2v) is 2.52. The molecule has 70 valence electrons. The van der Waals surface area contributed by atoms with Crippen molar-refractivity contribution in [2.24, 2.45) is 5.84 Å². The van der Waals surface area contributed by atoms with Gasteiger partial charge in [0, 0.05) is 11.8 Å². The largest absolute Gasteiger partial charge is 0.481 e. The van der Waals surface area contributed by atoms with Crippen LogP contribution in [-0.4, -0.2) is 18.0 Å². The lowest BCUT2D eigenvalue weighted by molar-refractivity contribution is 0.0953. The van der Waals surface area contributed by atoms with Crippen LogP contribution in [0.3, 0.4) is 0 Å². The summed E-state index contributed by atoms with van der Waals surface area (Å²) in [7, 11) is 1.53.